The van der Waals surface area contributed by atoms with Gasteiger partial charge < -0.3 is 10.5 Å². The second-order valence-corrected chi connectivity index (χ2v) is 4.80. The van der Waals surface area contributed by atoms with Crippen LogP contribution in [0.3, 0.4) is 0 Å². The number of ether oxygens (including phenoxy) is 1. The van der Waals surface area contributed by atoms with Crippen LogP contribution in [0.2, 0.25) is 0 Å². The van der Waals surface area contributed by atoms with E-state index in [4.69, 9.17) is 10.5 Å². The van der Waals surface area contributed by atoms with Crippen molar-refractivity contribution in [2.45, 2.75) is 46.1 Å². The third-order valence-corrected chi connectivity index (χ3v) is 3.23. The van der Waals surface area contributed by atoms with Gasteiger partial charge in [0.05, 0.1) is 0 Å². The van der Waals surface area contributed by atoms with Crippen molar-refractivity contribution in [2.75, 3.05) is 0 Å². The molecule has 1 aliphatic carbocycles. The third-order valence-electron chi connectivity index (χ3n) is 3.23. The predicted molar refractivity (Wildman–Crippen MR) is 55.8 cm³/mol. The normalized spacial score (nSPS) is 33.0. The first-order valence-corrected chi connectivity index (χ1v) is 5.46. The molecule has 1 aliphatic rings. The lowest BCUT2D eigenvalue weighted by atomic mass is 9.75. The van der Waals surface area contributed by atoms with Crippen LogP contribution in [0.15, 0.2) is 0 Å². The Balaban J connectivity index is 2.58. The van der Waals surface area contributed by atoms with Gasteiger partial charge in [-0.15, -0.1) is 0 Å². The van der Waals surface area contributed by atoms with Crippen LogP contribution in [-0.4, -0.2) is 12.2 Å². The Bertz CT molecular complexity index is 203. The monoisotopic (exact) mass is 199 g/mol. The van der Waals surface area contributed by atoms with Crippen molar-refractivity contribution in [3.05, 3.63) is 0 Å². The molecule has 0 spiro atoms. The van der Waals surface area contributed by atoms with Crippen LogP contribution in [0.1, 0.15) is 40.0 Å². The molecule has 1 saturated carbocycles. The SMILES string of the molecule is CC(C)[C@@H]1CC[C@H](C)C[C@@H]1OC(N)=O. The number of carbonyl (C=O) groups is 1. The highest BCUT2D eigenvalue weighted by Gasteiger charge is 2.32. The summed E-state index contributed by atoms with van der Waals surface area (Å²) in [5, 5.41) is 0. The zero-order valence-electron chi connectivity index (χ0n) is 9.32. The number of nitrogens with two attached hydrogens (primary N) is 1. The smallest absolute Gasteiger partial charge is 0.404 e. The van der Waals surface area contributed by atoms with Gasteiger partial charge in [-0.1, -0.05) is 27.2 Å². The van der Waals surface area contributed by atoms with Crippen molar-refractivity contribution >= 4 is 6.09 Å². The Hall–Kier alpha value is -0.730. The Kier molecular flexibility index (Phi) is 3.78. The van der Waals surface area contributed by atoms with E-state index in [0.29, 0.717) is 17.8 Å². The van der Waals surface area contributed by atoms with Gasteiger partial charge in [0.1, 0.15) is 6.10 Å². The van der Waals surface area contributed by atoms with E-state index in [9.17, 15) is 4.79 Å². The molecule has 1 rings (SSSR count). The van der Waals surface area contributed by atoms with Crippen LogP contribution in [0.5, 0.6) is 0 Å². The molecule has 3 atom stereocenters. The van der Waals surface area contributed by atoms with Crippen LogP contribution in [0.4, 0.5) is 4.79 Å². The van der Waals surface area contributed by atoms with Gasteiger partial charge in [0, 0.05) is 0 Å². The third kappa shape index (κ3) is 2.89. The zero-order valence-corrected chi connectivity index (χ0v) is 9.32. The summed E-state index contributed by atoms with van der Waals surface area (Å²) >= 11 is 0. The molecule has 0 aromatic rings. The molecule has 3 nitrogen and oxygen atoms in total. The van der Waals surface area contributed by atoms with Crippen LogP contribution < -0.4 is 5.73 Å². The van der Waals surface area contributed by atoms with E-state index in [2.05, 4.69) is 20.8 Å². The summed E-state index contributed by atoms with van der Waals surface area (Å²) in [7, 11) is 0. The fraction of sp³-hybridized carbons (Fsp3) is 0.909. The van der Waals surface area contributed by atoms with E-state index in [0.717, 1.165) is 12.8 Å². The van der Waals surface area contributed by atoms with E-state index in [1.807, 2.05) is 0 Å². The molecular formula is C11H21NO2. The van der Waals surface area contributed by atoms with Gasteiger partial charge in [-0.05, 0) is 30.6 Å². The molecule has 0 saturated heterocycles. The molecule has 0 heterocycles. The van der Waals surface area contributed by atoms with Gasteiger partial charge >= 0.3 is 6.09 Å². The fourth-order valence-electron chi connectivity index (χ4n) is 2.40. The summed E-state index contributed by atoms with van der Waals surface area (Å²) in [6.45, 7) is 6.56. The molecule has 2 N–H and O–H groups in total. The van der Waals surface area contributed by atoms with Gasteiger partial charge in [0.15, 0.2) is 0 Å². The Morgan fingerprint density at radius 2 is 2.07 bits per heavy atom. The van der Waals surface area contributed by atoms with E-state index in [1.54, 1.807) is 0 Å². The summed E-state index contributed by atoms with van der Waals surface area (Å²) in [6, 6.07) is 0. The fourth-order valence-corrected chi connectivity index (χ4v) is 2.40. The summed E-state index contributed by atoms with van der Waals surface area (Å²) in [5.41, 5.74) is 5.07. The van der Waals surface area contributed by atoms with Gasteiger partial charge in [-0.25, -0.2) is 4.79 Å². The summed E-state index contributed by atoms with van der Waals surface area (Å²) in [6.07, 6.45) is 2.76. The minimum absolute atomic E-state index is 0.0382. The van der Waals surface area contributed by atoms with Crippen molar-refractivity contribution in [1.29, 1.82) is 0 Å². The molecule has 82 valence electrons. The highest BCUT2D eigenvalue weighted by Crippen LogP contribution is 2.35. The van der Waals surface area contributed by atoms with E-state index >= 15 is 0 Å². The van der Waals surface area contributed by atoms with Crippen molar-refractivity contribution in [1.82, 2.24) is 0 Å². The van der Waals surface area contributed by atoms with Crippen LogP contribution in [-0.2, 0) is 4.74 Å². The maximum Gasteiger partial charge on any atom is 0.404 e. The Morgan fingerprint density at radius 1 is 1.43 bits per heavy atom. The predicted octanol–water partition coefficient (Wildman–Crippen LogP) is 2.54. The first-order chi connectivity index (χ1) is 6.50. The standard InChI is InChI=1S/C11H21NO2/c1-7(2)9-5-4-8(3)6-10(9)14-11(12)13/h7-10H,4-6H2,1-3H3,(H2,12,13)/t8-,9-,10-/m0/s1. The van der Waals surface area contributed by atoms with Crippen LogP contribution in [0, 0.1) is 17.8 Å². The number of carbonyl (C=O) groups excluding carboxylic acids is 1. The molecule has 0 unspecified atom stereocenters. The van der Waals surface area contributed by atoms with Crippen molar-refractivity contribution in [3.8, 4) is 0 Å². The molecule has 1 fully saturated rings. The quantitative estimate of drug-likeness (QED) is 0.743. The molecule has 0 aromatic carbocycles. The molecular weight excluding hydrogens is 178 g/mol. The number of hydrogen-bond acceptors (Lipinski definition) is 2. The van der Waals surface area contributed by atoms with Crippen LogP contribution >= 0.6 is 0 Å². The molecule has 0 radical (unpaired) electrons. The average molecular weight is 199 g/mol. The Morgan fingerprint density at radius 3 is 2.57 bits per heavy atom. The molecule has 3 heteroatoms. The van der Waals surface area contributed by atoms with E-state index in [1.165, 1.54) is 6.42 Å². The molecule has 1 amide bonds. The maximum absolute atomic E-state index is 10.7. The first-order valence-electron chi connectivity index (χ1n) is 5.46. The zero-order chi connectivity index (χ0) is 10.7. The molecule has 0 bridgehead atoms. The highest BCUT2D eigenvalue weighted by molar-refractivity contribution is 5.64. The number of hydrogen-bond donors (Lipinski definition) is 1. The van der Waals surface area contributed by atoms with E-state index in [-0.39, 0.29) is 6.10 Å². The lowest BCUT2D eigenvalue weighted by Crippen LogP contribution is -2.37. The Labute approximate surface area is 86.0 Å². The maximum atomic E-state index is 10.7. The summed E-state index contributed by atoms with van der Waals surface area (Å²) in [5.74, 6) is 1.69. The second kappa shape index (κ2) is 4.67. The molecule has 14 heavy (non-hydrogen) atoms. The van der Waals surface area contributed by atoms with Crippen LogP contribution in [0.25, 0.3) is 0 Å². The van der Waals surface area contributed by atoms with Gasteiger partial charge in [-0.2, -0.15) is 0 Å². The largest absolute Gasteiger partial charge is 0.446 e. The molecule has 0 aliphatic heterocycles. The van der Waals surface area contributed by atoms with E-state index < -0.39 is 6.09 Å². The van der Waals surface area contributed by atoms with Crippen molar-refractivity contribution < 1.29 is 9.53 Å². The number of amides is 1. The lowest BCUT2D eigenvalue weighted by molar-refractivity contribution is 0.0105. The summed E-state index contributed by atoms with van der Waals surface area (Å²) in [4.78, 5) is 10.7. The first kappa shape index (κ1) is 11.3. The lowest BCUT2D eigenvalue weighted by Gasteiger charge is -2.36. The highest BCUT2D eigenvalue weighted by atomic mass is 16.6. The number of primary amides is 1. The van der Waals surface area contributed by atoms with Crippen molar-refractivity contribution in [3.63, 3.8) is 0 Å². The second-order valence-electron chi connectivity index (χ2n) is 4.80. The minimum atomic E-state index is -0.630. The van der Waals surface area contributed by atoms with Gasteiger partial charge in [0.2, 0.25) is 0 Å². The minimum Gasteiger partial charge on any atom is -0.446 e. The molecule has 0 aromatic heterocycles. The summed E-state index contributed by atoms with van der Waals surface area (Å²) < 4.78 is 5.17. The van der Waals surface area contributed by atoms with Gasteiger partial charge in [-0.3, -0.25) is 0 Å². The van der Waals surface area contributed by atoms with Gasteiger partial charge in [0.25, 0.3) is 0 Å². The van der Waals surface area contributed by atoms with Crippen molar-refractivity contribution in [2.24, 2.45) is 23.5 Å². The number of rotatable bonds is 2. The average Bonchev–Trinajstić information content (AvgIpc) is 2.01. The topological polar surface area (TPSA) is 52.3 Å².